The molecule has 1 atom stereocenters. The summed E-state index contributed by atoms with van der Waals surface area (Å²) in [4.78, 5) is 11.7. The predicted molar refractivity (Wildman–Crippen MR) is 70.7 cm³/mol. The molecule has 0 saturated heterocycles. The summed E-state index contributed by atoms with van der Waals surface area (Å²) in [6.07, 6.45) is 0. The normalized spacial score (nSPS) is 12.5. The molecule has 0 heterocycles. The highest BCUT2D eigenvalue weighted by molar-refractivity contribution is 5.78. The van der Waals surface area contributed by atoms with E-state index in [0.717, 1.165) is 12.1 Å². The fraction of sp³-hybridized carbons (Fsp3) is 0.500. The molecule has 0 bridgehead atoms. The van der Waals surface area contributed by atoms with Crippen molar-refractivity contribution in [2.45, 2.75) is 26.8 Å². The molecule has 0 radical (unpaired) electrons. The Bertz CT molecular complexity index is 335. The summed E-state index contributed by atoms with van der Waals surface area (Å²) in [7, 11) is 0. The third-order valence-corrected chi connectivity index (χ3v) is 2.68. The average Bonchev–Trinajstić information content (AvgIpc) is 2.34. The Morgan fingerprint density at radius 1 is 1.24 bits per heavy atom. The molecular weight excluding hydrogens is 212 g/mol. The Labute approximate surface area is 104 Å². The molecule has 1 rings (SSSR count). The fourth-order valence-electron chi connectivity index (χ4n) is 1.76. The summed E-state index contributed by atoms with van der Waals surface area (Å²) >= 11 is 0. The summed E-state index contributed by atoms with van der Waals surface area (Å²) in [6, 6.07) is 10.2. The topological polar surface area (TPSA) is 41.1 Å². The van der Waals surface area contributed by atoms with Gasteiger partial charge in [-0.15, -0.1) is 0 Å². The number of rotatable bonds is 6. The van der Waals surface area contributed by atoms with Crippen molar-refractivity contribution < 1.29 is 4.79 Å². The third-order valence-electron chi connectivity index (χ3n) is 2.68. The minimum absolute atomic E-state index is 0.0504. The number of amides is 1. The van der Waals surface area contributed by atoms with Crippen LogP contribution in [0.4, 0.5) is 0 Å². The van der Waals surface area contributed by atoms with Crippen LogP contribution in [0.25, 0.3) is 0 Å². The highest BCUT2D eigenvalue weighted by atomic mass is 16.1. The van der Waals surface area contributed by atoms with E-state index in [1.54, 1.807) is 0 Å². The number of carbonyl (C=O) groups excluding carboxylic acids is 1. The summed E-state index contributed by atoms with van der Waals surface area (Å²) in [5.41, 5.74) is 1.16. The summed E-state index contributed by atoms with van der Waals surface area (Å²) in [5.74, 6) is 0.428. The standard InChI is InChI=1S/C14H22N2O/c1-4-15-10-13(17)16-14(11(2)3)12-8-6-5-7-9-12/h5-9,11,14-15H,4,10H2,1-3H3,(H,16,17). The van der Waals surface area contributed by atoms with Gasteiger partial charge in [-0.1, -0.05) is 51.1 Å². The smallest absolute Gasteiger partial charge is 0.234 e. The summed E-state index contributed by atoms with van der Waals surface area (Å²) < 4.78 is 0. The molecule has 3 heteroatoms. The van der Waals surface area contributed by atoms with Gasteiger partial charge in [0.1, 0.15) is 0 Å². The van der Waals surface area contributed by atoms with Crippen LogP contribution in [0.1, 0.15) is 32.4 Å². The van der Waals surface area contributed by atoms with E-state index in [4.69, 9.17) is 0 Å². The molecule has 0 aliphatic heterocycles. The first-order valence-corrected chi connectivity index (χ1v) is 6.20. The van der Waals surface area contributed by atoms with E-state index in [1.807, 2.05) is 25.1 Å². The molecule has 0 saturated carbocycles. The number of carbonyl (C=O) groups is 1. The lowest BCUT2D eigenvalue weighted by molar-refractivity contribution is -0.121. The highest BCUT2D eigenvalue weighted by Crippen LogP contribution is 2.20. The number of nitrogens with one attached hydrogen (secondary N) is 2. The zero-order valence-corrected chi connectivity index (χ0v) is 10.9. The van der Waals surface area contributed by atoms with Crippen molar-refractivity contribution in [3.8, 4) is 0 Å². The summed E-state index contributed by atoms with van der Waals surface area (Å²) in [6.45, 7) is 7.42. The van der Waals surface area contributed by atoms with Crippen LogP contribution in [-0.2, 0) is 4.79 Å². The van der Waals surface area contributed by atoms with Crippen molar-refractivity contribution in [1.29, 1.82) is 0 Å². The molecule has 0 aliphatic carbocycles. The van der Waals surface area contributed by atoms with Crippen molar-refractivity contribution in [3.63, 3.8) is 0 Å². The first-order chi connectivity index (χ1) is 8.15. The third kappa shape index (κ3) is 4.57. The molecule has 0 aliphatic rings. The number of benzene rings is 1. The SMILES string of the molecule is CCNCC(=O)NC(c1ccccc1)C(C)C. The Morgan fingerprint density at radius 3 is 2.41 bits per heavy atom. The number of likely N-dealkylation sites (N-methyl/N-ethyl adjacent to an activating group) is 1. The number of hydrogen-bond acceptors (Lipinski definition) is 2. The molecule has 1 aromatic carbocycles. The average molecular weight is 234 g/mol. The fourth-order valence-corrected chi connectivity index (χ4v) is 1.76. The quantitative estimate of drug-likeness (QED) is 0.791. The maximum atomic E-state index is 11.7. The molecule has 1 aromatic rings. The van der Waals surface area contributed by atoms with Crippen LogP contribution in [0, 0.1) is 5.92 Å². The van der Waals surface area contributed by atoms with Crippen LogP contribution in [0.15, 0.2) is 30.3 Å². The van der Waals surface area contributed by atoms with Gasteiger partial charge in [-0.3, -0.25) is 4.79 Å². The van der Waals surface area contributed by atoms with Gasteiger partial charge < -0.3 is 10.6 Å². The zero-order valence-electron chi connectivity index (χ0n) is 10.9. The van der Waals surface area contributed by atoms with Crippen LogP contribution in [-0.4, -0.2) is 19.0 Å². The second kappa shape index (κ2) is 7.07. The largest absolute Gasteiger partial charge is 0.348 e. The van der Waals surface area contributed by atoms with Crippen LogP contribution in [0.3, 0.4) is 0 Å². The first kappa shape index (κ1) is 13.7. The molecule has 1 unspecified atom stereocenters. The van der Waals surface area contributed by atoms with Gasteiger partial charge in [0, 0.05) is 0 Å². The van der Waals surface area contributed by atoms with E-state index in [1.165, 1.54) is 0 Å². The molecular formula is C14H22N2O. The summed E-state index contributed by atoms with van der Waals surface area (Å²) in [5, 5.41) is 6.10. The lowest BCUT2D eigenvalue weighted by Gasteiger charge is -2.23. The molecule has 1 amide bonds. The molecule has 17 heavy (non-hydrogen) atoms. The molecule has 2 N–H and O–H groups in total. The van der Waals surface area contributed by atoms with Gasteiger partial charge in [0.25, 0.3) is 0 Å². The Kier molecular flexibility index (Phi) is 5.70. The second-order valence-electron chi connectivity index (χ2n) is 4.48. The van der Waals surface area contributed by atoms with Gasteiger partial charge in [0.15, 0.2) is 0 Å². The molecule has 94 valence electrons. The minimum atomic E-state index is 0.0504. The van der Waals surface area contributed by atoms with E-state index >= 15 is 0 Å². The van der Waals surface area contributed by atoms with Crippen molar-refractivity contribution in [1.82, 2.24) is 10.6 Å². The van der Waals surface area contributed by atoms with Gasteiger partial charge in [-0.25, -0.2) is 0 Å². The monoisotopic (exact) mass is 234 g/mol. The molecule has 0 aromatic heterocycles. The minimum Gasteiger partial charge on any atom is -0.348 e. The van der Waals surface area contributed by atoms with E-state index < -0.39 is 0 Å². The molecule has 0 fully saturated rings. The van der Waals surface area contributed by atoms with Crippen LogP contribution < -0.4 is 10.6 Å². The van der Waals surface area contributed by atoms with Gasteiger partial charge >= 0.3 is 0 Å². The van der Waals surface area contributed by atoms with Crippen molar-refractivity contribution in [2.75, 3.05) is 13.1 Å². The molecule has 3 nitrogen and oxygen atoms in total. The maximum Gasteiger partial charge on any atom is 0.234 e. The molecule has 0 spiro atoms. The zero-order chi connectivity index (χ0) is 12.7. The lowest BCUT2D eigenvalue weighted by Crippen LogP contribution is -2.38. The van der Waals surface area contributed by atoms with E-state index in [-0.39, 0.29) is 11.9 Å². The van der Waals surface area contributed by atoms with Crippen molar-refractivity contribution >= 4 is 5.91 Å². The Morgan fingerprint density at radius 2 is 1.88 bits per heavy atom. The number of hydrogen-bond donors (Lipinski definition) is 2. The lowest BCUT2D eigenvalue weighted by atomic mass is 9.96. The van der Waals surface area contributed by atoms with Crippen LogP contribution >= 0.6 is 0 Å². The van der Waals surface area contributed by atoms with E-state index in [2.05, 4.69) is 36.6 Å². The van der Waals surface area contributed by atoms with Gasteiger partial charge in [0.2, 0.25) is 5.91 Å². The first-order valence-electron chi connectivity index (χ1n) is 6.20. The van der Waals surface area contributed by atoms with Gasteiger partial charge in [-0.05, 0) is 18.0 Å². The Hall–Kier alpha value is -1.35. The highest BCUT2D eigenvalue weighted by Gasteiger charge is 2.17. The van der Waals surface area contributed by atoms with E-state index in [9.17, 15) is 4.79 Å². The predicted octanol–water partition coefficient (Wildman–Crippen LogP) is 2.11. The van der Waals surface area contributed by atoms with Crippen LogP contribution in [0.2, 0.25) is 0 Å². The van der Waals surface area contributed by atoms with Gasteiger partial charge in [0.05, 0.1) is 12.6 Å². The second-order valence-corrected chi connectivity index (χ2v) is 4.48. The van der Waals surface area contributed by atoms with Gasteiger partial charge in [-0.2, -0.15) is 0 Å². The Balaban J connectivity index is 2.65. The van der Waals surface area contributed by atoms with E-state index in [0.29, 0.717) is 12.5 Å². The van der Waals surface area contributed by atoms with Crippen molar-refractivity contribution in [2.24, 2.45) is 5.92 Å². The van der Waals surface area contributed by atoms with Crippen LogP contribution in [0.5, 0.6) is 0 Å². The maximum absolute atomic E-state index is 11.7. The van der Waals surface area contributed by atoms with Crippen molar-refractivity contribution in [3.05, 3.63) is 35.9 Å².